The minimum Gasteiger partial charge on any atom is -0.347 e. The Morgan fingerprint density at radius 1 is 1.20 bits per heavy atom. The van der Waals surface area contributed by atoms with E-state index in [4.69, 9.17) is 9.47 Å². The molecule has 2 amide bonds. The first-order valence-corrected chi connectivity index (χ1v) is 9.88. The standard InChI is InChI=1S/C18H24N2O4S/c1-25-15-8-4-3-7-14(15)20-17(22)16(21)19-11-13-12-23-18(24-13)9-5-2-6-10-18/h3-4,7-8,13H,2,5-6,9-12H2,1H3,(H,19,21)(H,20,22)/t13-/m0/s1. The Morgan fingerprint density at radius 2 is 1.96 bits per heavy atom. The first-order chi connectivity index (χ1) is 12.1. The van der Waals surface area contributed by atoms with Crippen molar-refractivity contribution in [2.75, 3.05) is 24.7 Å². The number of amides is 2. The number of ether oxygens (including phenoxy) is 2. The van der Waals surface area contributed by atoms with Gasteiger partial charge in [0, 0.05) is 24.3 Å². The van der Waals surface area contributed by atoms with E-state index in [1.807, 2.05) is 24.5 Å². The zero-order valence-corrected chi connectivity index (χ0v) is 15.2. The summed E-state index contributed by atoms with van der Waals surface area (Å²) in [5.74, 6) is -1.80. The number of nitrogens with one attached hydrogen (secondary N) is 2. The van der Waals surface area contributed by atoms with E-state index in [0.29, 0.717) is 12.3 Å². The van der Waals surface area contributed by atoms with Crippen molar-refractivity contribution in [1.82, 2.24) is 5.32 Å². The van der Waals surface area contributed by atoms with E-state index in [1.165, 1.54) is 18.2 Å². The number of hydrogen-bond acceptors (Lipinski definition) is 5. The van der Waals surface area contributed by atoms with E-state index in [0.717, 1.165) is 30.6 Å². The lowest BCUT2D eigenvalue weighted by Gasteiger charge is -2.31. The summed E-state index contributed by atoms with van der Waals surface area (Å²) in [6.45, 7) is 0.732. The second-order valence-electron chi connectivity index (χ2n) is 6.39. The second kappa shape index (κ2) is 8.21. The van der Waals surface area contributed by atoms with Crippen molar-refractivity contribution in [3.63, 3.8) is 0 Å². The predicted octanol–water partition coefficient (Wildman–Crippen LogP) is 2.54. The highest BCUT2D eigenvalue weighted by Gasteiger charge is 2.42. The molecule has 2 aliphatic rings. The number of para-hydroxylation sites is 1. The number of rotatable bonds is 4. The van der Waals surface area contributed by atoms with Gasteiger partial charge in [-0.25, -0.2) is 0 Å². The molecule has 1 heterocycles. The van der Waals surface area contributed by atoms with Crippen molar-refractivity contribution in [3.05, 3.63) is 24.3 Å². The van der Waals surface area contributed by atoms with Crippen molar-refractivity contribution in [2.24, 2.45) is 0 Å². The van der Waals surface area contributed by atoms with Gasteiger partial charge in [-0.05, 0) is 31.2 Å². The van der Waals surface area contributed by atoms with E-state index < -0.39 is 17.6 Å². The highest BCUT2D eigenvalue weighted by Crippen LogP contribution is 2.37. The van der Waals surface area contributed by atoms with Gasteiger partial charge in [0.15, 0.2) is 5.79 Å². The number of anilines is 1. The molecule has 1 atom stereocenters. The Kier molecular flexibility index (Phi) is 5.98. The van der Waals surface area contributed by atoms with Crippen LogP contribution in [0.3, 0.4) is 0 Å². The minimum absolute atomic E-state index is 0.201. The van der Waals surface area contributed by atoms with Gasteiger partial charge in [-0.15, -0.1) is 11.8 Å². The molecule has 1 aromatic rings. The topological polar surface area (TPSA) is 76.7 Å². The summed E-state index contributed by atoms with van der Waals surface area (Å²) in [5.41, 5.74) is 0.636. The van der Waals surface area contributed by atoms with E-state index in [9.17, 15) is 9.59 Å². The number of hydrogen-bond donors (Lipinski definition) is 2. The van der Waals surface area contributed by atoms with Crippen LogP contribution in [0.5, 0.6) is 0 Å². The number of benzene rings is 1. The van der Waals surface area contributed by atoms with Gasteiger partial charge in [0.2, 0.25) is 0 Å². The van der Waals surface area contributed by atoms with Gasteiger partial charge < -0.3 is 20.1 Å². The molecule has 0 aromatic heterocycles. The van der Waals surface area contributed by atoms with Crippen LogP contribution in [-0.2, 0) is 19.1 Å². The van der Waals surface area contributed by atoms with Gasteiger partial charge in [-0.3, -0.25) is 9.59 Å². The Morgan fingerprint density at radius 3 is 2.72 bits per heavy atom. The Hall–Kier alpha value is -1.57. The normalized spacial score (nSPS) is 21.9. The van der Waals surface area contributed by atoms with Crippen LogP contribution in [0.2, 0.25) is 0 Å². The van der Waals surface area contributed by atoms with Crippen LogP contribution in [0, 0.1) is 0 Å². The zero-order valence-electron chi connectivity index (χ0n) is 14.4. The molecule has 25 heavy (non-hydrogen) atoms. The van der Waals surface area contributed by atoms with Gasteiger partial charge >= 0.3 is 11.8 Å². The molecule has 1 aromatic carbocycles. The number of thioether (sulfide) groups is 1. The van der Waals surface area contributed by atoms with Gasteiger partial charge in [0.05, 0.1) is 12.3 Å². The summed E-state index contributed by atoms with van der Waals surface area (Å²) in [6, 6.07) is 7.38. The maximum absolute atomic E-state index is 12.1. The molecule has 1 aliphatic carbocycles. The smallest absolute Gasteiger partial charge is 0.313 e. The fourth-order valence-corrected chi connectivity index (χ4v) is 3.84. The summed E-state index contributed by atoms with van der Waals surface area (Å²) in [6.07, 6.45) is 6.96. The molecular weight excluding hydrogens is 340 g/mol. The molecule has 1 saturated carbocycles. The van der Waals surface area contributed by atoms with E-state index in [2.05, 4.69) is 10.6 Å². The summed E-state index contributed by atoms with van der Waals surface area (Å²) >= 11 is 1.51. The monoisotopic (exact) mass is 364 g/mol. The van der Waals surface area contributed by atoms with Crippen LogP contribution in [-0.4, -0.2) is 43.1 Å². The Bertz CT molecular complexity index is 631. The largest absolute Gasteiger partial charge is 0.347 e. The lowest BCUT2D eigenvalue weighted by atomic mass is 9.94. The third-order valence-corrected chi connectivity index (χ3v) is 5.38. The fourth-order valence-electron chi connectivity index (χ4n) is 3.28. The van der Waals surface area contributed by atoms with Crippen LogP contribution >= 0.6 is 11.8 Å². The molecule has 1 aliphatic heterocycles. The van der Waals surface area contributed by atoms with E-state index >= 15 is 0 Å². The highest BCUT2D eigenvalue weighted by molar-refractivity contribution is 7.98. The third-order valence-electron chi connectivity index (χ3n) is 4.58. The molecule has 0 bridgehead atoms. The molecule has 7 heteroatoms. The molecule has 2 fully saturated rings. The van der Waals surface area contributed by atoms with Crippen LogP contribution < -0.4 is 10.6 Å². The zero-order chi connectivity index (χ0) is 17.7. The third kappa shape index (κ3) is 4.54. The van der Waals surface area contributed by atoms with Crippen molar-refractivity contribution in [3.8, 4) is 0 Å². The molecule has 6 nitrogen and oxygen atoms in total. The molecule has 1 spiro atoms. The van der Waals surface area contributed by atoms with Crippen LogP contribution in [0.15, 0.2) is 29.2 Å². The maximum Gasteiger partial charge on any atom is 0.313 e. The fraction of sp³-hybridized carbons (Fsp3) is 0.556. The first kappa shape index (κ1) is 18.2. The molecule has 0 radical (unpaired) electrons. The first-order valence-electron chi connectivity index (χ1n) is 8.66. The lowest BCUT2D eigenvalue weighted by molar-refractivity contribution is -0.186. The molecule has 3 rings (SSSR count). The molecular formula is C18H24N2O4S. The van der Waals surface area contributed by atoms with Crippen molar-refractivity contribution < 1.29 is 19.1 Å². The van der Waals surface area contributed by atoms with Gasteiger partial charge in [0.1, 0.15) is 6.10 Å². The molecule has 1 saturated heterocycles. The molecule has 2 N–H and O–H groups in total. The SMILES string of the molecule is CSc1ccccc1NC(=O)C(=O)NC[C@H]1COC2(CCCCC2)O1. The average molecular weight is 364 g/mol. The maximum atomic E-state index is 12.1. The quantitative estimate of drug-likeness (QED) is 0.634. The van der Waals surface area contributed by atoms with Crippen LogP contribution in [0.4, 0.5) is 5.69 Å². The highest BCUT2D eigenvalue weighted by atomic mass is 32.2. The number of carbonyl (C=O) groups is 2. The molecule has 0 unspecified atom stereocenters. The van der Waals surface area contributed by atoms with Gasteiger partial charge in [-0.1, -0.05) is 18.6 Å². The number of carbonyl (C=O) groups excluding carboxylic acids is 2. The van der Waals surface area contributed by atoms with Gasteiger partial charge in [-0.2, -0.15) is 0 Å². The molecule has 136 valence electrons. The summed E-state index contributed by atoms with van der Waals surface area (Å²) in [4.78, 5) is 25.0. The van der Waals surface area contributed by atoms with E-state index in [1.54, 1.807) is 6.07 Å². The predicted molar refractivity (Wildman–Crippen MR) is 96.5 cm³/mol. The average Bonchev–Trinajstić information content (AvgIpc) is 3.03. The summed E-state index contributed by atoms with van der Waals surface area (Å²) < 4.78 is 11.8. The van der Waals surface area contributed by atoms with Crippen molar-refractivity contribution in [1.29, 1.82) is 0 Å². The van der Waals surface area contributed by atoms with Crippen molar-refractivity contribution >= 4 is 29.3 Å². The second-order valence-corrected chi connectivity index (χ2v) is 7.23. The van der Waals surface area contributed by atoms with Crippen molar-refractivity contribution in [2.45, 2.75) is 48.9 Å². The Labute approximate surface area is 152 Å². The summed E-state index contributed by atoms with van der Waals surface area (Å²) in [7, 11) is 0. The van der Waals surface area contributed by atoms with Crippen LogP contribution in [0.1, 0.15) is 32.1 Å². The van der Waals surface area contributed by atoms with Crippen LogP contribution in [0.25, 0.3) is 0 Å². The summed E-state index contributed by atoms with van der Waals surface area (Å²) in [5, 5.41) is 5.29. The minimum atomic E-state index is -0.673. The lowest BCUT2D eigenvalue weighted by Crippen LogP contribution is -2.41. The van der Waals surface area contributed by atoms with Gasteiger partial charge in [0.25, 0.3) is 0 Å². The van der Waals surface area contributed by atoms with E-state index in [-0.39, 0.29) is 12.6 Å². The Balaban J connectivity index is 1.47.